The quantitative estimate of drug-likeness (QED) is 0.632. The van der Waals surface area contributed by atoms with E-state index in [2.05, 4.69) is 18.8 Å². The largest absolute Gasteiger partial charge is 0.265 e. The van der Waals surface area contributed by atoms with E-state index in [1.54, 1.807) is 12.4 Å². The predicted octanol–water partition coefficient (Wildman–Crippen LogP) is 3.08. The Labute approximate surface area is 73.3 Å². The van der Waals surface area contributed by atoms with Crippen LogP contribution in [0, 0.1) is 0 Å². The highest BCUT2D eigenvalue weighted by Crippen LogP contribution is 1.73. The van der Waals surface area contributed by atoms with Crippen molar-refractivity contribution in [2.45, 2.75) is 20.3 Å². The van der Waals surface area contributed by atoms with Gasteiger partial charge in [-0.3, -0.25) is 4.98 Å². The van der Waals surface area contributed by atoms with E-state index in [0.29, 0.717) is 0 Å². The molecule has 0 fully saturated rings. The maximum absolute atomic E-state index is 3.78. The standard InChI is InChI=1S/C5H5N.C3H8.BrH/c1-2-4-6-5-3-1;1-3-2;/h1-5H;3H2,1-2H3;1H. The van der Waals surface area contributed by atoms with Gasteiger partial charge in [0.05, 0.1) is 0 Å². The van der Waals surface area contributed by atoms with Crippen LogP contribution < -0.4 is 0 Å². The number of nitrogens with zero attached hydrogens (tertiary/aromatic N) is 1. The zero-order valence-electron chi connectivity index (χ0n) is 6.45. The van der Waals surface area contributed by atoms with Gasteiger partial charge in [0.25, 0.3) is 0 Å². The summed E-state index contributed by atoms with van der Waals surface area (Å²) < 4.78 is 0. The fourth-order valence-electron chi connectivity index (χ4n) is 0.313. The molecule has 1 heterocycles. The van der Waals surface area contributed by atoms with Crippen molar-refractivity contribution in [3.63, 3.8) is 0 Å². The molecule has 1 aromatic heterocycles. The molecular weight excluding hydrogens is 190 g/mol. The normalized spacial score (nSPS) is 6.60. The van der Waals surface area contributed by atoms with Gasteiger partial charge in [-0.2, -0.15) is 0 Å². The molecule has 0 saturated carbocycles. The van der Waals surface area contributed by atoms with Crippen molar-refractivity contribution in [1.82, 2.24) is 4.98 Å². The van der Waals surface area contributed by atoms with Crippen molar-refractivity contribution in [2.75, 3.05) is 0 Å². The lowest BCUT2D eigenvalue weighted by molar-refractivity contribution is 1.09. The third kappa shape index (κ3) is 10.6. The van der Waals surface area contributed by atoms with Gasteiger partial charge in [0, 0.05) is 12.4 Å². The minimum absolute atomic E-state index is 0. The zero-order valence-corrected chi connectivity index (χ0v) is 8.16. The smallest absolute Gasteiger partial charge is 0.0267 e. The lowest BCUT2D eigenvalue weighted by Gasteiger charge is -1.70. The van der Waals surface area contributed by atoms with Crippen LogP contribution in [0.15, 0.2) is 30.6 Å². The minimum Gasteiger partial charge on any atom is -0.265 e. The Morgan fingerprint density at radius 1 is 1.00 bits per heavy atom. The van der Waals surface area contributed by atoms with Crippen LogP contribution in [0.25, 0.3) is 0 Å². The van der Waals surface area contributed by atoms with E-state index in [-0.39, 0.29) is 17.0 Å². The molecule has 0 aliphatic carbocycles. The lowest BCUT2D eigenvalue weighted by atomic mass is 10.5. The molecule has 0 radical (unpaired) electrons. The van der Waals surface area contributed by atoms with E-state index in [4.69, 9.17) is 0 Å². The van der Waals surface area contributed by atoms with Gasteiger partial charge in [-0.25, -0.2) is 0 Å². The number of hydrogen-bond donors (Lipinski definition) is 0. The Morgan fingerprint density at radius 2 is 1.40 bits per heavy atom. The molecule has 0 saturated heterocycles. The van der Waals surface area contributed by atoms with Crippen molar-refractivity contribution in [3.8, 4) is 0 Å². The number of pyridine rings is 1. The number of hydrogen-bond acceptors (Lipinski definition) is 1. The molecule has 0 aliphatic heterocycles. The van der Waals surface area contributed by atoms with Crippen LogP contribution in [0.4, 0.5) is 0 Å². The van der Waals surface area contributed by atoms with Crippen molar-refractivity contribution in [3.05, 3.63) is 30.6 Å². The second-order valence-corrected chi connectivity index (χ2v) is 1.73. The van der Waals surface area contributed by atoms with Crippen LogP contribution in [0.2, 0.25) is 0 Å². The van der Waals surface area contributed by atoms with E-state index in [1.165, 1.54) is 6.42 Å². The second-order valence-electron chi connectivity index (χ2n) is 1.73. The molecule has 0 aromatic carbocycles. The summed E-state index contributed by atoms with van der Waals surface area (Å²) in [5, 5.41) is 0. The molecule has 0 amide bonds. The van der Waals surface area contributed by atoms with Gasteiger partial charge < -0.3 is 0 Å². The first-order chi connectivity index (χ1) is 4.41. The van der Waals surface area contributed by atoms with Gasteiger partial charge >= 0.3 is 0 Å². The van der Waals surface area contributed by atoms with Gasteiger partial charge in [0.1, 0.15) is 0 Å². The van der Waals surface area contributed by atoms with E-state index in [9.17, 15) is 0 Å². The van der Waals surface area contributed by atoms with Gasteiger partial charge in [-0.1, -0.05) is 26.3 Å². The Balaban J connectivity index is 0. The van der Waals surface area contributed by atoms with E-state index >= 15 is 0 Å². The molecule has 0 N–H and O–H groups in total. The Hall–Kier alpha value is -0.370. The van der Waals surface area contributed by atoms with Crippen LogP contribution >= 0.6 is 17.0 Å². The van der Waals surface area contributed by atoms with Crippen LogP contribution in [-0.2, 0) is 0 Å². The summed E-state index contributed by atoms with van der Waals surface area (Å²) in [7, 11) is 0. The van der Waals surface area contributed by atoms with E-state index in [1.807, 2.05) is 18.2 Å². The van der Waals surface area contributed by atoms with Crippen LogP contribution in [-0.4, -0.2) is 4.98 Å². The van der Waals surface area contributed by atoms with Crippen molar-refractivity contribution < 1.29 is 0 Å². The Morgan fingerprint density at radius 3 is 1.50 bits per heavy atom. The fourth-order valence-corrected chi connectivity index (χ4v) is 0.313. The highest BCUT2D eigenvalue weighted by atomic mass is 79.9. The summed E-state index contributed by atoms with van der Waals surface area (Å²) >= 11 is 0. The summed E-state index contributed by atoms with van der Waals surface area (Å²) in [5.41, 5.74) is 0. The van der Waals surface area contributed by atoms with Crippen molar-refractivity contribution in [1.29, 1.82) is 0 Å². The lowest BCUT2D eigenvalue weighted by Crippen LogP contribution is -1.58. The minimum atomic E-state index is 0. The third-order valence-corrected chi connectivity index (χ3v) is 0.566. The molecule has 0 unspecified atom stereocenters. The first-order valence-corrected chi connectivity index (χ1v) is 3.26. The van der Waals surface area contributed by atoms with E-state index < -0.39 is 0 Å². The number of aromatic nitrogens is 1. The highest BCUT2D eigenvalue weighted by Gasteiger charge is 1.58. The summed E-state index contributed by atoms with van der Waals surface area (Å²) in [4.78, 5) is 3.78. The molecule has 2 heteroatoms. The Kier molecular flexibility index (Phi) is 14.1. The summed E-state index contributed by atoms with van der Waals surface area (Å²) in [6.07, 6.45) is 4.75. The van der Waals surface area contributed by atoms with Crippen molar-refractivity contribution in [2.24, 2.45) is 0 Å². The average molecular weight is 204 g/mol. The highest BCUT2D eigenvalue weighted by molar-refractivity contribution is 8.93. The molecule has 10 heavy (non-hydrogen) atoms. The molecule has 0 bridgehead atoms. The molecule has 0 aliphatic rings. The maximum Gasteiger partial charge on any atom is 0.0267 e. The van der Waals surface area contributed by atoms with Gasteiger partial charge in [-0.15, -0.1) is 17.0 Å². The van der Waals surface area contributed by atoms with E-state index in [0.717, 1.165) is 0 Å². The maximum atomic E-state index is 3.78. The molecule has 1 nitrogen and oxygen atoms in total. The molecule has 1 aromatic rings. The monoisotopic (exact) mass is 203 g/mol. The van der Waals surface area contributed by atoms with Crippen molar-refractivity contribution >= 4 is 17.0 Å². The second kappa shape index (κ2) is 11.4. The third-order valence-electron chi connectivity index (χ3n) is 0.566. The molecule has 1 rings (SSSR count). The Bertz CT molecular complexity index is 92.1. The summed E-state index contributed by atoms with van der Waals surface area (Å²) in [6.45, 7) is 4.25. The van der Waals surface area contributed by atoms with Crippen LogP contribution in [0.3, 0.4) is 0 Å². The number of halogens is 1. The topological polar surface area (TPSA) is 12.9 Å². The van der Waals surface area contributed by atoms with Gasteiger partial charge in [0.2, 0.25) is 0 Å². The first-order valence-electron chi connectivity index (χ1n) is 3.26. The van der Waals surface area contributed by atoms with Gasteiger partial charge in [-0.05, 0) is 12.1 Å². The average Bonchev–Trinajstić information content (AvgIpc) is 1.93. The number of rotatable bonds is 0. The zero-order chi connectivity index (χ0) is 6.95. The predicted molar refractivity (Wildman–Crippen MR) is 50.5 cm³/mol. The van der Waals surface area contributed by atoms with Gasteiger partial charge in [0.15, 0.2) is 0 Å². The summed E-state index contributed by atoms with van der Waals surface area (Å²) in [6, 6.07) is 5.72. The fraction of sp³-hybridized carbons (Fsp3) is 0.375. The molecule has 0 spiro atoms. The van der Waals surface area contributed by atoms with Crippen LogP contribution in [0.1, 0.15) is 20.3 Å². The molecule has 0 atom stereocenters. The molecule has 58 valence electrons. The first kappa shape index (κ1) is 12.3. The summed E-state index contributed by atoms with van der Waals surface area (Å²) in [5.74, 6) is 0. The molecular formula is C8H14BrN. The van der Waals surface area contributed by atoms with Crippen LogP contribution in [0.5, 0.6) is 0 Å². The SMILES string of the molecule is Br.CCC.c1ccncc1.